The van der Waals surface area contributed by atoms with E-state index < -0.39 is 0 Å². The zero-order chi connectivity index (χ0) is 18.4. The number of nitrogens with one attached hydrogen (secondary N) is 1. The van der Waals surface area contributed by atoms with Crippen LogP contribution in [0.15, 0.2) is 30.3 Å². The number of carbonyl (C=O) groups excluding carboxylic acids is 2. The second-order valence-electron chi connectivity index (χ2n) is 7.81. The van der Waals surface area contributed by atoms with Gasteiger partial charge in [0.05, 0.1) is 5.69 Å². The van der Waals surface area contributed by atoms with E-state index in [1.807, 2.05) is 35.0 Å². The summed E-state index contributed by atoms with van der Waals surface area (Å²) >= 11 is 0. The lowest BCUT2D eigenvalue weighted by Gasteiger charge is -2.23. The van der Waals surface area contributed by atoms with Crippen molar-refractivity contribution in [2.45, 2.75) is 57.0 Å². The first-order chi connectivity index (χ1) is 13.2. The van der Waals surface area contributed by atoms with Gasteiger partial charge in [-0.25, -0.2) is 4.68 Å². The summed E-state index contributed by atoms with van der Waals surface area (Å²) in [7, 11) is 0. The normalized spacial score (nSPS) is 21.3. The maximum Gasteiger partial charge on any atom is 0.275 e. The Morgan fingerprint density at radius 2 is 1.85 bits per heavy atom. The van der Waals surface area contributed by atoms with Crippen LogP contribution < -0.4 is 5.32 Å². The molecule has 0 radical (unpaired) electrons. The Kier molecular flexibility index (Phi) is 3.99. The molecule has 1 atom stereocenters. The monoisotopic (exact) mass is 364 g/mol. The largest absolute Gasteiger partial charge is 0.352 e. The van der Waals surface area contributed by atoms with E-state index in [4.69, 9.17) is 5.10 Å². The van der Waals surface area contributed by atoms with Crippen LogP contribution in [-0.2, 0) is 17.6 Å². The molecule has 2 heterocycles. The number of amides is 2. The van der Waals surface area contributed by atoms with Crippen molar-refractivity contribution in [1.29, 1.82) is 0 Å². The SMILES string of the molecule is O=C(NC1CC1)[C@H]1CCCN1C(=O)c1nn(-c2ccccc2)c2c1CCC2. The number of aromatic nitrogens is 2. The van der Waals surface area contributed by atoms with E-state index in [1.54, 1.807) is 4.90 Å². The second kappa shape index (κ2) is 6.51. The number of benzene rings is 1. The molecule has 1 aromatic carbocycles. The van der Waals surface area contributed by atoms with Crippen molar-refractivity contribution in [2.24, 2.45) is 0 Å². The maximum atomic E-state index is 13.3. The Balaban J connectivity index is 1.45. The minimum absolute atomic E-state index is 0.00230. The van der Waals surface area contributed by atoms with Gasteiger partial charge in [-0.15, -0.1) is 0 Å². The molecule has 0 unspecified atom stereocenters. The van der Waals surface area contributed by atoms with E-state index >= 15 is 0 Å². The quantitative estimate of drug-likeness (QED) is 0.905. The molecule has 5 rings (SSSR count). The molecule has 140 valence electrons. The third-order valence-corrected chi connectivity index (χ3v) is 5.87. The van der Waals surface area contributed by atoms with Crippen LogP contribution in [0.2, 0.25) is 0 Å². The molecule has 27 heavy (non-hydrogen) atoms. The first kappa shape index (κ1) is 16.5. The summed E-state index contributed by atoms with van der Waals surface area (Å²) < 4.78 is 1.92. The van der Waals surface area contributed by atoms with E-state index in [0.29, 0.717) is 18.3 Å². The lowest BCUT2D eigenvalue weighted by atomic mass is 10.1. The molecule has 6 nitrogen and oxygen atoms in total. The molecule has 2 amide bonds. The average molecular weight is 364 g/mol. The van der Waals surface area contributed by atoms with E-state index in [1.165, 1.54) is 0 Å². The van der Waals surface area contributed by atoms with Gasteiger partial charge in [-0.2, -0.15) is 5.10 Å². The van der Waals surface area contributed by atoms with Crippen LogP contribution in [0, 0.1) is 0 Å². The van der Waals surface area contributed by atoms with Gasteiger partial charge in [-0.3, -0.25) is 9.59 Å². The first-order valence-electron chi connectivity index (χ1n) is 10.00. The van der Waals surface area contributed by atoms with Gasteiger partial charge in [0, 0.05) is 23.8 Å². The van der Waals surface area contributed by atoms with Gasteiger partial charge >= 0.3 is 0 Å². The molecular formula is C21H24N4O2. The van der Waals surface area contributed by atoms with Crippen molar-refractivity contribution in [3.05, 3.63) is 47.3 Å². The number of nitrogens with zero attached hydrogens (tertiary/aromatic N) is 3. The predicted molar refractivity (Wildman–Crippen MR) is 101 cm³/mol. The molecule has 2 aromatic rings. The molecule has 2 aliphatic carbocycles. The zero-order valence-electron chi connectivity index (χ0n) is 15.4. The summed E-state index contributed by atoms with van der Waals surface area (Å²) in [5, 5.41) is 7.76. The predicted octanol–water partition coefficient (Wildman–Crippen LogP) is 2.24. The molecule has 2 fully saturated rings. The molecule has 1 aliphatic heterocycles. The van der Waals surface area contributed by atoms with Gasteiger partial charge in [-0.1, -0.05) is 18.2 Å². The lowest BCUT2D eigenvalue weighted by molar-refractivity contribution is -0.125. The molecule has 6 heteroatoms. The number of carbonyl (C=O) groups is 2. The van der Waals surface area contributed by atoms with Gasteiger partial charge in [0.1, 0.15) is 6.04 Å². The van der Waals surface area contributed by atoms with Gasteiger partial charge in [0.25, 0.3) is 5.91 Å². The number of para-hydroxylation sites is 1. The fraction of sp³-hybridized carbons (Fsp3) is 0.476. The average Bonchev–Trinajstić information content (AvgIpc) is 3.11. The molecule has 0 spiro atoms. The number of hydrogen-bond acceptors (Lipinski definition) is 3. The van der Waals surface area contributed by atoms with E-state index in [-0.39, 0.29) is 17.9 Å². The second-order valence-corrected chi connectivity index (χ2v) is 7.81. The highest BCUT2D eigenvalue weighted by Crippen LogP contribution is 2.30. The van der Waals surface area contributed by atoms with Crippen molar-refractivity contribution in [2.75, 3.05) is 6.54 Å². The summed E-state index contributed by atoms with van der Waals surface area (Å²) in [4.78, 5) is 27.7. The third kappa shape index (κ3) is 2.93. The van der Waals surface area contributed by atoms with Crippen molar-refractivity contribution in [3.63, 3.8) is 0 Å². The summed E-state index contributed by atoms with van der Waals surface area (Å²) in [6.07, 6.45) is 6.60. The smallest absolute Gasteiger partial charge is 0.275 e. The van der Waals surface area contributed by atoms with Gasteiger partial charge in [0.2, 0.25) is 5.91 Å². The lowest BCUT2D eigenvalue weighted by Crippen LogP contribution is -2.46. The minimum Gasteiger partial charge on any atom is -0.352 e. The molecule has 3 aliphatic rings. The fourth-order valence-corrected chi connectivity index (χ4v) is 4.34. The summed E-state index contributed by atoms with van der Waals surface area (Å²) in [5.41, 5.74) is 3.73. The van der Waals surface area contributed by atoms with E-state index in [2.05, 4.69) is 5.32 Å². The van der Waals surface area contributed by atoms with Crippen molar-refractivity contribution in [1.82, 2.24) is 20.0 Å². The number of rotatable bonds is 4. The third-order valence-electron chi connectivity index (χ3n) is 5.87. The summed E-state index contributed by atoms with van der Waals surface area (Å²) in [6, 6.07) is 9.95. The Bertz CT molecular complexity index is 885. The molecule has 1 saturated heterocycles. The Morgan fingerprint density at radius 1 is 1.04 bits per heavy atom. The number of likely N-dealkylation sites (tertiary alicyclic amines) is 1. The Morgan fingerprint density at radius 3 is 2.63 bits per heavy atom. The molecular weight excluding hydrogens is 340 g/mol. The number of fused-ring (bicyclic) bond motifs is 1. The van der Waals surface area contributed by atoms with Crippen LogP contribution in [0.5, 0.6) is 0 Å². The summed E-state index contributed by atoms with van der Waals surface area (Å²) in [6.45, 7) is 0.633. The van der Waals surface area contributed by atoms with Crippen LogP contribution in [0.25, 0.3) is 5.69 Å². The van der Waals surface area contributed by atoms with Gasteiger partial charge in [0.15, 0.2) is 5.69 Å². The maximum absolute atomic E-state index is 13.3. The Labute approximate surface area is 158 Å². The standard InChI is InChI=1S/C21H24N4O2/c26-20(22-14-11-12-14)18-10-5-13-24(18)21(27)19-16-8-4-9-17(16)25(23-19)15-6-2-1-3-7-15/h1-3,6-7,14,18H,4-5,8-13H2,(H,22,26)/t18-/m1/s1. The number of hydrogen-bond donors (Lipinski definition) is 1. The van der Waals surface area contributed by atoms with E-state index in [9.17, 15) is 9.59 Å². The summed E-state index contributed by atoms with van der Waals surface area (Å²) in [5.74, 6) is -0.0845. The fourth-order valence-electron chi connectivity index (χ4n) is 4.34. The van der Waals surface area contributed by atoms with Crippen molar-refractivity contribution < 1.29 is 9.59 Å². The van der Waals surface area contributed by atoms with Crippen LogP contribution in [0.3, 0.4) is 0 Å². The van der Waals surface area contributed by atoms with Crippen LogP contribution in [0.4, 0.5) is 0 Å². The zero-order valence-corrected chi connectivity index (χ0v) is 15.4. The minimum atomic E-state index is -0.350. The molecule has 1 saturated carbocycles. The van der Waals surface area contributed by atoms with Gasteiger partial charge < -0.3 is 10.2 Å². The first-order valence-corrected chi connectivity index (χ1v) is 10.00. The van der Waals surface area contributed by atoms with Crippen LogP contribution >= 0.6 is 0 Å². The van der Waals surface area contributed by atoms with Crippen molar-refractivity contribution in [3.8, 4) is 5.69 Å². The molecule has 1 N–H and O–H groups in total. The topological polar surface area (TPSA) is 67.2 Å². The van der Waals surface area contributed by atoms with E-state index in [0.717, 1.165) is 61.9 Å². The van der Waals surface area contributed by atoms with Gasteiger partial charge in [-0.05, 0) is 57.1 Å². The molecule has 0 bridgehead atoms. The van der Waals surface area contributed by atoms with Crippen molar-refractivity contribution >= 4 is 11.8 Å². The molecule has 1 aromatic heterocycles. The van der Waals surface area contributed by atoms with Crippen LogP contribution in [0.1, 0.15) is 53.8 Å². The van der Waals surface area contributed by atoms with Crippen LogP contribution in [-0.4, -0.2) is 45.1 Å². The Hall–Kier alpha value is -2.63. The highest BCUT2D eigenvalue weighted by atomic mass is 16.2. The highest BCUT2D eigenvalue weighted by molar-refractivity contribution is 5.98. The highest BCUT2D eigenvalue weighted by Gasteiger charge is 2.39.